The first kappa shape index (κ1) is 12.0. The molecule has 0 atom stereocenters. The van der Waals surface area contributed by atoms with E-state index in [1.165, 1.54) is 0 Å². The Morgan fingerprint density at radius 1 is 1.37 bits per heavy atom. The molecule has 0 saturated heterocycles. The van der Waals surface area contributed by atoms with Crippen LogP contribution in [-0.2, 0) is 13.6 Å². The lowest BCUT2D eigenvalue weighted by Crippen LogP contribution is -2.33. The zero-order chi connectivity index (χ0) is 13.2. The molecule has 1 aliphatic carbocycles. The topological polar surface area (TPSA) is 38.1 Å². The summed E-state index contributed by atoms with van der Waals surface area (Å²) in [4.78, 5) is 18.6. The maximum Gasteiger partial charge on any atom is 0.271 e. The van der Waals surface area contributed by atoms with E-state index >= 15 is 0 Å². The van der Waals surface area contributed by atoms with Gasteiger partial charge in [0.25, 0.3) is 5.91 Å². The second-order valence-electron chi connectivity index (χ2n) is 5.02. The Labute approximate surface area is 112 Å². The maximum atomic E-state index is 12.6. The molecule has 3 rings (SSSR count). The molecular formula is C15H17N3O. The van der Waals surface area contributed by atoms with E-state index in [4.69, 9.17) is 0 Å². The van der Waals surface area contributed by atoms with Crippen molar-refractivity contribution in [2.75, 3.05) is 0 Å². The number of carbonyl (C=O) groups is 1. The van der Waals surface area contributed by atoms with Gasteiger partial charge in [-0.05, 0) is 42.7 Å². The summed E-state index contributed by atoms with van der Waals surface area (Å²) in [5.41, 5.74) is 1.88. The third-order valence-electron chi connectivity index (χ3n) is 3.51. The Balaban J connectivity index is 1.82. The van der Waals surface area contributed by atoms with Gasteiger partial charge in [0.05, 0.1) is 0 Å². The Hall–Kier alpha value is -2.10. The second kappa shape index (κ2) is 4.88. The van der Waals surface area contributed by atoms with Crippen LogP contribution < -0.4 is 0 Å². The summed E-state index contributed by atoms with van der Waals surface area (Å²) in [6.07, 6.45) is 7.67. The van der Waals surface area contributed by atoms with E-state index in [2.05, 4.69) is 4.98 Å². The Kier molecular flexibility index (Phi) is 3.07. The third kappa shape index (κ3) is 2.52. The Bertz CT molecular complexity index is 572. The van der Waals surface area contributed by atoms with Crippen LogP contribution >= 0.6 is 0 Å². The first-order valence-electron chi connectivity index (χ1n) is 6.57. The lowest BCUT2D eigenvalue weighted by atomic mass is 10.2. The van der Waals surface area contributed by atoms with Crippen molar-refractivity contribution in [3.05, 3.63) is 54.1 Å². The average molecular weight is 255 g/mol. The van der Waals surface area contributed by atoms with Crippen LogP contribution in [0.15, 0.2) is 42.9 Å². The van der Waals surface area contributed by atoms with E-state index in [0.29, 0.717) is 12.6 Å². The van der Waals surface area contributed by atoms with Gasteiger partial charge in [0, 0.05) is 38.2 Å². The summed E-state index contributed by atoms with van der Waals surface area (Å²) in [7, 11) is 1.91. The van der Waals surface area contributed by atoms with Crippen molar-refractivity contribution in [2.24, 2.45) is 7.05 Å². The minimum atomic E-state index is 0.117. The zero-order valence-electron chi connectivity index (χ0n) is 11.0. The van der Waals surface area contributed by atoms with E-state index < -0.39 is 0 Å². The number of nitrogens with zero attached hydrogens (tertiary/aromatic N) is 3. The standard InChI is InChI=1S/C15H17N3O/c1-17-10-2-3-14(17)15(19)18(13-4-5-13)11-12-6-8-16-9-7-12/h2-3,6-10,13H,4-5,11H2,1H3. The van der Waals surface area contributed by atoms with Crippen molar-refractivity contribution < 1.29 is 4.79 Å². The molecule has 0 aromatic carbocycles. The summed E-state index contributed by atoms with van der Waals surface area (Å²) in [5, 5.41) is 0. The molecule has 1 fully saturated rings. The quantitative estimate of drug-likeness (QED) is 0.840. The number of aryl methyl sites for hydroxylation is 1. The maximum absolute atomic E-state index is 12.6. The first-order valence-corrected chi connectivity index (χ1v) is 6.57. The summed E-state index contributed by atoms with van der Waals surface area (Å²) < 4.78 is 1.88. The van der Waals surface area contributed by atoms with Crippen LogP contribution in [-0.4, -0.2) is 26.4 Å². The first-order chi connectivity index (χ1) is 9.25. The van der Waals surface area contributed by atoms with Crippen LogP contribution in [0.5, 0.6) is 0 Å². The molecule has 2 aromatic rings. The van der Waals surface area contributed by atoms with Crippen LogP contribution in [0, 0.1) is 0 Å². The van der Waals surface area contributed by atoms with Gasteiger partial charge in [-0.1, -0.05) is 0 Å². The highest BCUT2D eigenvalue weighted by Crippen LogP contribution is 2.29. The molecule has 4 heteroatoms. The third-order valence-corrected chi connectivity index (χ3v) is 3.51. The largest absolute Gasteiger partial charge is 0.347 e. The van der Waals surface area contributed by atoms with Gasteiger partial charge < -0.3 is 9.47 Å². The number of hydrogen-bond acceptors (Lipinski definition) is 2. The van der Waals surface area contributed by atoms with E-state index in [1.807, 2.05) is 47.0 Å². The summed E-state index contributed by atoms with van der Waals surface area (Å²) in [5.74, 6) is 0.117. The van der Waals surface area contributed by atoms with Crippen LogP contribution in [0.3, 0.4) is 0 Å². The molecule has 0 spiro atoms. The molecule has 1 amide bonds. The second-order valence-corrected chi connectivity index (χ2v) is 5.02. The number of hydrogen-bond donors (Lipinski definition) is 0. The lowest BCUT2D eigenvalue weighted by Gasteiger charge is -2.22. The number of rotatable bonds is 4. The van der Waals surface area contributed by atoms with Gasteiger partial charge in [-0.25, -0.2) is 0 Å². The molecule has 98 valence electrons. The molecule has 0 N–H and O–H groups in total. The molecule has 1 saturated carbocycles. The van der Waals surface area contributed by atoms with Crippen molar-refractivity contribution in [3.63, 3.8) is 0 Å². The fourth-order valence-corrected chi connectivity index (χ4v) is 2.27. The molecule has 0 radical (unpaired) electrons. The van der Waals surface area contributed by atoms with E-state index in [1.54, 1.807) is 12.4 Å². The van der Waals surface area contributed by atoms with Crippen molar-refractivity contribution in [3.8, 4) is 0 Å². The van der Waals surface area contributed by atoms with Crippen molar-refractivity contribution >= 4 is 5.91 Å². The normalized spacial score (nSPS) is 14.4. The van der Waals surface area contributed by atoms with Crippen LogP contribution in [0.4, 0.5) is 0 Å². The zero-order valence-corrected chi connectivity index (χ0v) is 11.0. The van der Waals surface area contributed by atoms with Gasteiger partial charge in [-0.2, -0.15) is 0 Å². The lowest BCUT2D eigenvalue weighted by molar-refractivity contribution is 0.0720. The molecule has 1 aliphatic rings. The van der Waals surface area contributed by atoms with E-state index in [0.717, 1.165) is 24.1 Å². The van der Waals surface area contributed by atoms with E-state index in [-0.39, 0.29) is 5.91 Å². The monoisotopic (exact) mass is 255 g/mol. The fourth-order valence-electron chi connectivity index (χ4n) is 2.27. The SMILES string of the molecule is Cn1cccc1C(=O)N(Cc1ccncc1)C1CC1. The van der Waals surface area contributed by atoms with Crippen LogP contribution in [0.2, 0.25) is 0 Å². The minimum Gasteiger partial charge on any atom is -0.347 e. The summed E-state index contributed by atoms with van der Waals surface area (Å²) >= 11 is 0. The number of amides is 1. The van der Waals surface area contributed by atoms with Gasteiger partial charge in [0.1, 0.15) is 5.69 Å². The Morgan fingerprint density at radius 3 is 2.68 bits per heavy atom. The minimum absolute atomic E-state index is 0.117. The smallest absolute Gasteiger partial charge is 0.271 e. The summed E-state index contributed by atoms with van der Waals surface area (Å²) in [6.45, 7) is 0.664. The molecular weight excluding hydrogens is 238 g/mol. The van der Waals surface area contributed by atoms with Gasteiger partial charge in [0.15, 0.2) is 0 Å². The molecule has 0 unspecified atom stereocenters. The predicted octanol–water partition coefficient (Wildman–Crippen LogP) is 2.22. The van der Waals surface area contributed by atoms with Crippen molar-refractivity contribution in [2.45, 2.75) is 25.4 Å². The number of aromatic nitrogens is 2. The summed E-state index contributed by atoms with van der Waals surface area (Å²) in [6, 6.07) is 8.12. The molecule has 4 nitrogen and oxygen atoms in total. The van der Waals surface area contributed by atoms with Gasteiger partial charge in [0.2, 0.25) is 0 Å². The fraction of sp³-hybridized carbons (Fsp3) is 0.333. The molecule has 2 heterocycles. The highest BCUT2D eigenvalue weighted by molar-refractivity contribution is 5.93. The number of pyridine rings is 1. The van der Waals surface area contributed by atoms with Gasteiger partial charge in [-0.3, -0.25) is 9.78 Å². The van der Waals surface area contributed by atoms with Gasteiger partial charge in [-0.15, -0.1) is 0 Å². The van der Waals surface area contributed by atoms with Crippen molar-refractivity contribution in [1.29, 1.82) is 0 Å². The average Bonchev–Trinajstić information content (AvgIpc) is 3.18. The van der Waals surface area contributed by atoms with Crippen LogP contribution in [0.25, 0.3) is 0 Å². The molecule has 19 heavy (non-hydrogen) atoms. The molecule has 2 aromatic heterocycles. The Morgan fingerprint density at radius 2 is 2.11 bits per heavy atom. The number of carbonyl (C=O) groups excluding carboxylic acids is 1. The van der Waals surface area contributed by atoms with E-state index in [9.17, 15) is 4.79 Å². The molecule has 0 aliphatic heterocycles. The van der Waals surface area contributed by atoms with Gasteiger partial charge >= 0.3 is 0 Å². The van der Waals surface area contributed by atoms with Crippen LogP contribution in [0.1, 0.15) is 28.9 Å². The van der Waals surface area contributed by atoms with Crippen molar-refractivity contribution in [1.82, 2.24) is 14.5 Å². The highest BCUT2D eigenvalue weighted by Gasteiger charge is 2.33. The predicted molar refractivity (Wildman–Crippen MR) is 72.5 cm³/mol. The highest BCUT2D eigenvalue weighted by atomic mass is 16.2. The molecule has 0 bridgehead atoms.